The molecule has 3 aromatic heterocycles. The van der Waals surface area contributed by atoms with Gasteiger partial charge in [-0.1, -0.05) is 11.6 Å². The molecule has 8 heteroatoms. The van der Waals surface area contributed by atoms with E-state index in [0.29, 0.717) is 5.15 Å². The smallest absolute Gasteiger partial charge is 0.410 e. The van der Waals surface area contributed by atoms with Gasteiger partial charge in [0, 0.05) is 55.1 Å². The van der Waals surface area contributed by atoms with Crippen LogP contribution >= 0.6 is 11.6 Å². The molecule has 1 amide bonds. The highest BCUT2D eigenvalue weighted by molar-refractivity contribution is 6.29. The molecule has 29 heavy (non-hydrogen) atoms. The molecule has 0 aliphatic heterocycles. The topological polar surface area (TPSA) is 65.2 Å². The van der Waals surface area contributed by atoms with Crippen LogP contribution in [0.3, 0.4) is 0 Å². The third-order valence-electron chi connectivity index (χ3n) is 5.37. The molecule has 0 N–H and O–H groups in total. The molecule has 3 heterocycles. The Morgan fingerprint density at radius 1 is 1.28 bits per heavy atom. The van der Waals surface area contributed by atoms with Gasteiger partial charge in [-0.3, -0.25) is 4.68 Å². The molecular formula is C21H26ClN5O2. The van der Waals surface area contributed by atoms with E-state index in [1.165, 1.54) is 0 Å². The quantitative estimate of drug-likeness (QED) is 0.583. The Hall–Kier alpha value is -2.54. The Morgan fingerprint density at radius 3 is 2.62 bits per heavy atom. The summed E-state index contributed by atoms with van der Waals surface area (Å²) in [4.78, 5) is 18.6. The predicted molar refractivity (Wildman–Crippen MR) is 113 cm³/mol. The molecule has 0 aromatic carbocycles. The molecule has 0 spiro atoms. The molecular weight excluding hydrogens is 390 g/mol. The van der Waals surface area contributed by atoms with Crippen molar-refractivity contribution in [2.75, 3.05) is 7.05 Å². The number of hydrogen-bond acceptors (Lipinski definition) is 4. The van der Waals surface area contributed by atoms with Gasteiger partial charge in [-0.05, 0) is 45.7 Å². The molecule has 154 valence electrons. The highest BCUT2D eigenvalue weighted by atomic mass is 35.5. The number of halogens is 1. The molecule has 1 fully saturated rings. The van der Waals surface area contributed by atoms with E-state index in [4.69, 9.17) is 16.3 Å². The van der Waals surface area contributed by atoms with Crippen molar-refractivity contribution in [3.8, 4) is 11.1 Å². The van der Waals surface area contributed by atoms with Crippen LogP contribution in [0.2, 0.25) is 5.15 Å². The minimum atomic E-state index is -0.496. The van der Waals surface area contributed by atoms with Crippen molar-refractivity contribution in [2.24, 2.45) is 7.05 Å². The molecule has 4 rings (SSSR count). The first-order valence-electron chi connectivity index (χ1n) is 9.74. The van der Waals surface area contributed by atoms with Crippen molar-refractivity contribution < 1.29 is 9.53 Å². The molecule has 1 aliphatic rings. The maximum Gasteiger partial charge on any atom is 0.410 e. The van der Waals surface area contributed by atoms with Gasteiger partial charge in [0.15, 0.2) is 0 Å². The van der Waals surface area contributed by atoms with Crippen LogP contribution in [0.1, 0.15) is 39.7 Å². The second-order valence-electron chi connectivity index (χ2n) is 8.73. The van der Waals surface area contributed by atoms with Gasteiger partial charge >= 0.3 is 6.09 Å². The van der Waals surface area contributed by atoms with Gasteiger partial charge in [0.1, 0.15) is 16.4 Å². The number of fused-ring (bicyclic) bond motifs is 1. The summed E-state index contributed by atoms with van der Waals surface area (Å²) in [6, 6.07) is 4.22. The minimum Gasteiger partial charge on any atom is -0.444 e. The lowest BCUT2D eigenvalue weighted by Crippen LogP contribution is -2.47. The van der Waals surface area contributed by atoms with Crippen molar-refractivity contribution in [1.29, 1.82) is 0 Å². The monoisotopic (exact) mass is 415 g/mol. The van der Waals surface area contributed by atoms with E-state index in [9.17, 15) is 4.79 Å². The molecule has 0 unspecified atom stereocenters. The second-order valence-corrected chi connectivity index (χ2v) is 9.12. The van der Waals surface area contributed by atoms with E-state index in [-0.39, 0.29) is 18.2 Å². The lowest BCUT2D eigenvalue weighted by Gasteiger charge is -2.42. The summed E-state index contributed by atoms with van der Waals surface area (Å²) in [5, 5.41) is 5.81. The third-order valence-corrected chi connectivity index (χ3v) is 5.58. The standard InChI is InChI=1S/C21H26ClN5O2/c1-21(2,3)29-20(28)26(5)14-8-15(9-14)27-12-17(13-10-23-25(4)11-13)16-6-7-18(22)24-19(16)27/h6-7,10-12,14-15H,8-9H2,1-5H3. The minimum absolute atomic E-state index is 0.147. The fraction of sp³-hybridized carbons (Fsp3) is 0.476. The van der Waals surface area contributed by atoms with Crippen molar-refractivity contribution in [3.63, 3.8) is 0 Å². The average Bonchev–Trinajstić information content (AvgIpc) is 3.16. The summed E-state index contributed by atoms with van der Waals surface area (Å²) in [6.07, 6.45) is 7.39. The summed E-state index contributed by atoms with van der Waals surface area (Å²) >= 11 is 6.19. The van der Waals surface area contributed by atoms with Gasteiger partial charge in [-0.15, -0.1) is 0 Å². The Labute approximate surface area is 175 Å². The Kier molecular flexibility index (Phi) is 4.81. The Morgan fingerprint density at radius 2 is 2.00 bits per heavy atom. The van der Waals surface area contributed by atoms with E-state index in [0.717, 1.165) is 35.0 Å². The van der Waals surface area contributed by atoms with Crippen molar-refractivity contribution in [1.82, 2.24) is 24.2 Å². The van der Waals surface area contributed by atoms with Gasteiger partial charge in [0.25, 0.3) is 0 Å². The maximum absolute atomic E-state index is 12.3. The summed E-state index contributed by atoms with van der Waals surface area (Å²) in [6.45, 7) is 5.64. The molecule has 0 radical (unpaired) electrons. The van der Waals surface area contributed by atoms with Crippen LogP contribution in [0.5, 0.6) is 0 Å². The van der Waals surface area contributed by atoms with Crippen molar-refractivity contribution >= 4 is 28.7 Å². The molecule has 3 aromatic rings. The largest absolute Gasteiger partial charge is 0.444 e. The van der Waals surface area contributed by atoms with Gasteiger partial charge in [-0.25, -0.2) is 9.78 Å². The first-order valence-corrected chi connectivity index (χ1v) is 10.1. The number of hydrogen-bond donors (Lipinski definition) is 0. The van der Waals surface area contributed by atoms with Crippen molar-refractivity contribution in [2.45, 2.75) is 51.3 Å². The zero-order valence-corrected chi connectivity index (χ0v) is 18.1. The first kappa shape index (κ1) is 19.8. The lowest BCUT2D eigenvalue weighted by atomic mass is 9.85. The van der Waals surface area contributed by atoms with Crippen LogP contribution in [0.4, 0.5) is 4.79 Å². The first-order chi connectivity index (χ1) is 13.6. The number of ether oxygens (including phenoxy) is 1. The number of aromatic nitrogens is 4. The van der Waals surface area contributed by atoms with E-state index < -0.39 is 5.60 Å². The van der Waals surface area contributed by atoms with Gasteiger partial charge < -0.3 is 14.2 Å². The fourth-order valence-corrected chi connectivity index (χ4v) is 3.90. The van der Waals surface area contributed by atoms with Crippen LogP contribution in [-0.2, 0) is 11.8 Å². The lowest BCUT2D eigenvalue weighted by molar-refractivity contribution is 0.00810. The summed E-state index contributed by atoms with van der Waals surface area (Å²) < 4.78 is 9.46. The van der Waals surface area contributed by atoms with Crippen LogP contribution in [-0.4, -0.2) is 49.0 Å². The van der Waals surface area contributed by atoms with Crippen LogP contribution in [0.15, 0.2) is 30.7 Å². The van der Waals surface area contributed by atoms with Gasteiger partial charge in [-0.2, -0.15) is 5.10 Å². The molecule has 7 nitrogen and oxygen atoms in total. The highest BCUT2D eigenvalue weighted by Crippen LogP contribution is 2.41. The number of carbonyl (C=O) groups excluding carboxylic acids is 1. The summed E-state index contributed by atoms with van der Waals surface area (Å²) in [5.74, 6) is 0. The van der Waals surface area contributed by atoms with E-state index in [2.05, 4.69) is 20.8 Å². The molecule has 1 aliphatic carbocycles. The summed E-state index contributed by atoms with van der Waals surface area (Å²) in [7, 11) is 3.71. The molecule has 0 saturated heterocycles. The number of rotatable bonds is 3. The molecule has 1 saturated carbocycles. The SMILES string of the molecule is CN(C(=O)OC(C)(C)C)C1CC(n2cc(-c3cnn(C)c3)c3ccc(Cl)nc32)C1. The van der Waals surface area contributed by atoms with Crippen molar-refractivity contribution in [3.05, 3.63) is 35.9 Å². The Bertz CT molecular complexity index is 1060. The predicted octanol–water partition coefficient (Wildman–Crippen LogP) is 4.66. The van der Waals surface area contributed by atoms with Gasteiger partial charge in [0.05, 0.1) is 6.20 Å². The van der Waals surface area contributed by atoms with E-state index in [1.807, 2.05) is 52.3 Å². The zero-order valence-electron chi connectivity index (χ0n) is 17.4. The van der Waals surface area contributed by atoms with Gasteiger partial charge in [0.2, 0.25) is 0 Å². The van der Waals surface area contributed by atoms with Crippen LogP contribution in [0.25, 0.3) is 22.2 Å². The van der Waals surface area contributed by atoms with E-state index in [1.54, 1.807) is 16.6 Å². The maximum atomic E-state index is 12.3. The molecule has 0 bridgehead atoms. The second kappa shape index (κ2) is 7.06. The molecule has 0 atom stereocenters. The number of nitrogens with zero attached hydrogens (tertiary/aromatic N) is 5. The Balaban J connectivity index is 1.58. The van der Waals surface area contributed by atoms with Crippen LogP contribution in [0, 0.1) is 0 Å². The highest BCUT2D eigenvalue weighted by Gasteiger charge is 2.37. The third kappa shape index (κ3) is 3.83. The number of carbonyl (C=O) groups is 1. The number of pyridine rings is 1. The fourth-order valence-electron chi connectivity index (χ4n) is 3.76. The van der Waals surface area contributed by atoms with Crippen LogP contribution < -0.4 is 0 Å². The number of aryl methyl sites for hydroxylation is 1. The average molecular weight is 416 g/mol. The summed E-state index contributed by atoms with van der Waals surface area (Å²) in [5.41, 5.74) is 2.49. The van der Waals surface area contributed by atoms with E-state index >= 15 is 0 Å². The normalized spacial score (nSPS) is 19.2. The number of amides is 1. The zero-order chi connectivity index (χ0) is 20.9.